The molecule has 1 saturated heterocycles. The van der Waals surface area contributed by atoms with Gasteiger partial charge in [0, 0.05) is 6.54 Å². The largest absolute Gasteiger partial charge is 0.464 e. The maximum atomic E-state index is 12.6. The molecule has 0 aromatic carbocycles. The van der Waals surface area contributed by atoms with Gasteiger partial charge in [0.1, 0.15) is 6.04 Å². The third-order valence-electron chi connectivity index (χ3n) is 3.66. The second kappa shape index (κ2) is 6.60. The van der Waals surface area contributed by atoms with E-state index in [1.54, 1.807) is 6.92 Å². The zero-order valence-corrected chi connectivity index (χ0v) is 12.5. The average Bonchev–Trinajstić information content (AvgIpc) is 3.07. The number of likely N-dealkylation sites (tertiary alicyclic amines) is 1. The molecule has 116 valence electrons. The Bertz CT molecular complexity index is 526. The normalized spacial score (nSPS) is 18.0. The Hall–Kier alpha value is -2.05. The quantitative estimate of drug-likeness (QED) is 0.792. The number of carbonyl (C=O) groups is 2. The molecule has 1 aliphatic rings. The highest BCUT2D eigenvalue weighted by atomic mass is 16.5. The number of H-pyrrole nitrogens is 1. The number of esters is 1. The zero-order chi connectivity index (χ0) is 15.4. The van der Waals surface area contributed by atoms with Crippen LogP contribution in [0, 0.1) is 0 Å². The van der Waals surface area contributed by atoms with Crippen LogP contribution >= 0.6 is 0 Å². The van der Waals surface area contributed by atoms with Crippen molar-refractivity contribution in [2.24, 2.45) is 0 Å². The van der Waals surface area contributed by atoms with Crippen LogP contribution in [0.1, 0.15) is 49.3 Å². The predicted molar refractivity (Wildman–Crippen MR) is 77.7 cm³/mol. The lowest BCUT2D eigenvalue weighted by Crippen LogP contribution is -2.41. The van der Waals surface area contributed by atoms with Crippen molar-refractivity contribution in [3.05, 3.63) is 11.4 Å². The Balaban J connectivity index is 2.17. The van der Waals surface area contributed by atoms with Gasteiger partial charge in [0.25, 0.3) is 5.91 Å². The number of nitrogens with zero attached hydrogens (tertiary/aromatic N) is 2. The molecule has 0 saturated carbocycles. The fourth-order valence-corrected chi connectivity index (χ4v) is 2.62. The SMILES string of the molecule is CCCc1[nH]nc(C(=O)N2CCCC2C(=O)OCC)c1N. The number of nitrogens with two attached hydrogens (primary N) is 1. The minimum absolute atomic E-state index is 0.203. The topological polar surface area (TPSA) is 101 Å². The van der Waals surface area contributed by atoms with Crippen molar-refractivity contribution in [3.63, 3.8) is 0 Å². The number of rotatable bonds is 5. The van der Waals surface area contributed by atoms with Gasteiger partial charge in [-0.1, -0.05) is 13.3 Å². The monoisotopic (exact) mass is 294 g/mol. The van der Waals surface area contributed by atoms with Gasteiger partial charge < -0.3 is 15.4 Å². The van der Waals surface area contributed by atoms with Gasteiger partial charge >= 0.3 is 5.97 Å². The average molecular weight is 294 g/mol. The van der Waals surface area contributed by atoms with Crippen molar-refractivity contribution in [3.8, 4) is 0 Å². The molecule has 1 fully saturated rings. The van der Waals surface area contributed by atoms with Crippen LogP contribution in [0.5, 0.6) is 0 Å². The summed E-state index contributed by atoms with van der Waals surface area (Å²) in [5.41, 5.74) is 7.34. The van der Waals surface area contributed by atoms with Gasteiger partial charge in [0.05, 0.1) is 18.0 Å². The smallest absolute Gasteiger partial charge is 0.328 e. The number of aromatic nitrogens is 2. The lowest BCUT2D eigenvalue weighted by atomic mass is 10.2. The minimum atomic E-state index is -0.525. The molecule has 1 aromatic rings. The molecular formula is C14H22N4O3. The van der Waals surface area contributed by atoms with Crippen LogP contribution in [-0.4, -0.2) is 46.2 Å². The molecule has 1 amide bonds. The van der Waals surface area contributed by atoms with Crippen molar-refractivity contribution in [2.45, 2.75) is 45.6 Å². The Kier molecular flexibility index (Phi) is 4.82. The van der Waals surface area contributed by atoms with Crippen LogP contribution in [0.4, 0.5) is 5.69 Å². The molecule has 0 aliphatic carbocycles. The van der Waals surface area contributed by atoms with E-state index in [0.717, 1.165) is 25.0 Å². The number of hydrogen-bond donors (Lipinski definition) is 2. The molecule has 0 radical (unpaired) electrons. The highest BCUT2D eigenvalue weighted by Crippen LogP contribution is 2.24. The summed E-state index contributed by atoms with van der Waals surface area (Å²) in [5, 5.41) is 6.84. The molecule has 2 rings (SSSR count). The van der Waals surface area contributed by atoms with Gasteiger partial charge in [-0.05, 0) is 26.2 Å². The molecule has 7 heteroatoms. The Morgan fingerprint density at radius 3 is 2.90 bits per heavy atom. The van der Waals surface area contributed by atoms with E-state index in [4.69, 9.17) is 10.5 Å². The fourth-order valence-electron chi connectivity index (χ4n) is 2.62. The van der Waals surface area contributed by atoms with Crippen molar-refractivity contribution in [1.82, 2.24) is 15.1 Å². The van der Waals surface area contributed by atoms with Crippen molar-refractivity contribution in [2.75, 3.05) is 18.9 Å². The van der Waals surface area contributed by atoms with E-state index in [1.807, 2.05) is 6.92 Å². The van der Waals surface area contributed by atoms with Crippen LogP contribution in [0.3, 0.4) is 0 Å². The first-order chi connectivity index (χ1) is 10.1. The number of ether oxygens (including phenoxy) is 1. The van der Waals surface area contributed by atoms with E-state index >= 15 is 0 Å². The summed E-state index contributed by atoms with van der Waals surface area (Å²) in [6.45, 7) is 4.61. The highest BCUT2D eigenvalue weighted by molar-refractivity contribution is 5.99. The molecule has 7 nitrogen and oxygen atoms in total. The van der Waals surface area contributed by atoms with Crippen LogP contribution in [0.15, 0.2) is 0 Å². The maximum absolute atomic E-state index is 12.6. The van der Waals surface area contributed by atoms with E-state index in [1.165, 1.54) is 4.90 Å². The summed E-state index contributed by atoms with van der Waals surface area (Å²) >= 11 is 0. The first-order valence-corrected chi connectivity index (χ1v) is 7.40. The predicted octanol–water partition coefficient (Wildman–Crippen LogP) is 1.11. The molecular weight excluding hydrogens is 272 g/mol. The van der Waals surface area contributed by atoms with E-state index in [2.05, 4.69) is 10.2 Å². The molecule has 1 atom stereocenters. The number of hydrogen-bond acceptors (Lipinski definition) is 5. The maximum Gasteiger partial charge on any atom is 0.328 e. The van der Waals surface area contributed by atoms with Gasteiger partial charge in [-0.3, -0.25) is 9.89 Å². The first-order valence-electron chi connectivity index (χ1n) is 7.40. The Morgan fingerprint density at radius 2 is 2.24 bits per heavy atom. The van der Waals surface area contributed by atoms with Crippen molar-refractivity contribution < 1.29 is 14.3 Å². The molecule has 0 bridgehead atoms. The van der Waals surface area contributed by atoms with E-state index in [0.29, 0.717) is 25.3 Å². The van der Waals surface area contributed by atoms with Gasteiger partial charge in [-0.2, -0.15) is 5.10 Å². The second-order valence-electron chi connectivity index (χ2n) is 5.12. The number of nitrogens with one attached hydrogen (secondary N) is 1. The molecule has 3 N–H and O–H groups in total. The molecule has 21 heavy (non-hydrogen) atoms. The number of amides is 1. The number of nitrogen functional groups attached to an aromatic ring is 1. The van der Waals surface area contributed by atoms with Gasteiger partial charge in [-0.15, -0.1) is 0 Å². The van der Waals surface area contributed by atoms with Crippen LogP contribution in [-0.2, 0) is 16.0 Å². The summed E-state index contributed by atoms with van der Waals surface area (Å²) in [7, 11) is 0. The summed E-state index contributed by atoms with van der Waals surface area (Å²) in [5.74, 6) is -0.659. The zero-order valence-electron chi connectivity index (χ0n) is 12.5. The van der Waals surface area contributed by atoms with Crippen molar-refractivity contribution in [1.29, 1.82) is 0 Å². The Labute approximate surface area is 123 Å². The minimum Gasteiger partial charge on any atom is -0.464 e. The van der Waals surface area contributed by atoms with Crippen LogP contribution < -0.4 is 5.73 Å². The highest BCUT2D eigenvalue weighted by Gasteiger charge is 2.37. The van der Waals surface area contributed by atoms with Gasteiger partial charge in [-0.25, -0.2) is 4.79 Å². The van der Waals surface area contributed by atoms with E-state index < -0.39 is 6.04 Å². The number of aromatic amines is 1. The molecule has 2 heterocycles. The fraction of sp³-hybridized carbons (Fsp3) is 0.643. The molecule has 1 aliphatic heterocycles. The molecule has 0 spiro atoms. The van der Waals surface area contributed by atoms with Crippen LogP contribution in [0.25, 0.3) is 0 Å². The first kappa shape index (κ1) is 15.3. The van der Waals surface area contributed by atoms with Crippen molar-refractivity contribution >= 4 is 17.6 Å². The third kappa shape index (κ3) is 3.01. The van der Waals surface area contributed by atoms with Gasteiger partial charge in [0.15, 0.2) is 5.69 Å². The summed E-state index contributed by atoms with van der Waals surface area (Å²) in [6.07, 6.45) is 3.06. The lowest BCUT2D eigenvalue weighted by molar-refractivity contribution is -0.147. The summed E-state index contributed by atoms with van der Waals surface area (Å²) < 4.78 is 5.02. The Morgan fingerprint density at radius 1 is 1.48 bits per heavy atom. The van der Waals surface area contributed by atoms with E-state index in [-0.39, 0.29) is 17.6 Å². The number of carbonyl (C=O) groups excluding carboxylic acids is 2. The molecule has 1 unspecified atom stereocenters. The number of aryl methyl sites for hydroxylation is 1. The summed E-state index contributed by atoms with van der Waals surface area (Å²) in [4.78, 5) is 26.0. The van der Waals surface area contributed by atoms with Crippen LogP contribution in [0.2, 0.25) is 0 Å². The lowest BCUT2D eigenvalue weighted by Gasteiger charge is -2.22. The van der Waals surface area contributed by atoms with Gasteiger partial charge in [0.2, 0.25) is 0 Å². The number of anilines is 1. The third-order valence-corrected chi connectivity index (χ3v) is 3.66. The summed E-state index contributed by atoms with van der Waals surface area (Å²) in [6, 6.07) is -0.525. The second-order valence-corrected chi connectivity index (χ2v) is 5.12. The standard InChI is InChI=1S/C14H22N4O3/c1-3-6-9-11(15)12(17-16-9)13(19)18-8-5-7-10(18)14(20)21-4-2/h10H,3-8,15H2,1-2H3,(H,16,17). The van der Waals surface area contributed by atoms with E-state index in [9.17, 15) is 9.59 Å². The molecule has 1 aromatic heterocycles.